The van der Waals surface area contributed by atoms with Gasteiger partial charge in [-0.1, -0.05) is 28.7 Å². The highest BCUT2D eigenvalue weighted by Gasteiger charge is 2.45. The Bertz CT molecular complexity index is 464. The fourth-order valence-electron chi connectivity index (χ4n) is 3.98. The highest BCUT2D eigenvalue weighted by Crippen LogP contribution is 2.43. The number of carbonyl (C=O) groups excluding carboxylic acids is 2. The van der Waals surface area contributed by atoms with Gasteiger partial charge in [-0.25, -0.2) is 0 Å². The van der Waals surface area contributed by atoms with E-state index in [2.05, 4.69) is 33.4 Å². The lowest BCUT2D eigenvalue weighted by Crippen LogP contribution is -2.23. The van der Waals surface area contributed by atoms with Crippen molar-refractivity contribution >= 4 is 34.5 Å². The summed E-state index contributed by atoms with van der Waals surface area (Å²) in [5.41, 5.74) is 0. The minimum absolute atomic E-state index is 0.0700. The molecular weight excluding hydrogens is 423 g/mol. The molecule has 2 aliphatic rings. The lowest BCUT2D eigenvalue weighted by Gasteiger charge is -2.22. The minimum atomic E-state index is -0.219. The minimum Gasteiger partial charge on any atom is -0.469 e. The van der Waals surface area contributed by atoms with Gasteiger partial charge in [0, 0.05) is 32.3 Å². The average Bonchev–Trinajstić information content (AvgIpc) is 2.73. The standard InChI is InChI=1S/C18H27IO5/c1-12(20)24-17-10-16-14(15(17)8-9-19)7-6-13(11-23-16)4-3-5-18(21)22-2/h8-9,13-17H,3-7,10-11H2,1-2H3/b9-8+/t13-,14+,15-,16-,17+/m0/s1. The summed E-state index contributed by atoms with van der Waals surface area (Å²) in [6, 6.07) is 0. The predicted octanol–water partition coefficient (Wildman–Crippen LogP) is 3.64. The van der Waals surface area contributed by atoms with E-state index in [1.807, 2.05) is 4.08 Å². The number of methoxy groups -OCH3 is 1. The highest BCUT2D eigenvalue weighted by atomic mass is 127. The molecular formula is C18H27IO5. The summed E-state index contributed by atoms with van der Waals surface area (Å²) in [5.74, 6) is 0.786. The third kappa shape index (κ3) is 5.44. The number of hydrogen-bond donors (Lipinski definition) is 0. The number of carbonyl (C=O) groups is 2. The van der Waals surface area contributed by atoms with Gasteiger partial charge >= 0.3 is 11.9 Å². The molecule has 5 nitrogen and oxygen atoms in total. The van der Waals surface area contributed by atoms with E-state index in [1.165, 1.54) is 14.0 Å². The average molecular weight is 450 g/mol. The van der Waals surface area contributed by atoms with Crippen molar-refractivity contribution in [2.45, 2.75) is 57.7 Å². The third-order valence-corrected chi connectivity index (χ3v) is 5.57. The highest BCUT2D eigenvalue weighted by molar-refractivity contribution is 14.1. The second-order valence-electron chi connectivity index (χ2n) is 6.73. The normalized spacial score (nSPS) is 33.0. The molecule has 0 radical (unpaired) electrons. The molecule has 1 aliphatic carbocycles. The zero-order chi connectivity index (χ0) is 17.5. The second-order valence-corrected chi connectivity index (χ2v) is 7.45. The summed E-state index contributed by atoms with van der Waals surface area (Å²) in [6.07, 6.45) is 7.53. The summed E-state index contributed by atoms with van der Waals surface area (Å²) in [4.78, 5) is 22.6. The predicted molar refractivity (Wildman–Crippen MR) is 98.6 cm³/mol. The fraction of sp³-hybridized carbons (Fsp3) is 0.778. The Morgan fingerprint density at radius 3 is 2.79 bits per heavy atom. The van der Waals surface area contributed by atoms with Crippen molar-refractivity contribution in [1.29, 1.82) is 0 Å². The van der Waals surface area contributed by atoms with Crippen molar-refractivity contribution < 1.29 is 23.8 Å². The zero-order valence-corrected chi connectivity index (χ0v) is 16.6. The second kappa shape index (κ2) is 9.75. The van der Waals surface area contributed by atoms with Crippen LogP contribution in [0.5, 0.6) is 0 Å². The third-order valence-electron chi connectivity index (χ3n) is 5.15. The molecule has 5 atom stereocenters. The van der Waals surface area contributed by atoms with Crippen molar-refractivity contribution in [3.8, 4) is 0 Å². The first-order valence-corrected chi connectivity index (χ1v) is 9.92. The molecule has 0 unspecified atom stereocenters. The monoisotopic (exact) mass is 450 g/mol. The van der Waals surface area contributed by atoms with E-state index < -0.39 is 0 Å². The zero-order valence-electron chi connectivity index (χ0n) is 14.4. The largest absolute Gasteiger partial charge is 0.469 e. The molecule has 0 aromatic rings. The van der Waals surface area contributed by atoms with Gasteiger partial charge in [0.05, 0.1) is 13.2 Å². The molecule has 6 heteroatoms. The van der Waals surface area contributed by atoms with Gasteiger partial charge in [-0.2, -0.15) is 0 Å². The van der Waals surface area contributed by atoms with Crippen LogP contribution in [-0.4, -0.2) is 37.9 Å². The number of esters is 2. The van der Waals surface area contributed by atoms with E-state index in [0.29, 0.717) is 18.3 Å². The Kier molecular flexibility index (Phi) is 8.00. The summed E-state index contributed by atoms with van der Waals surface area (Å²) < 4.78 is 18.4. The molecule has 0 aromatic heterocycles. The van der Waals surface area contributed by atoms with Gasteiger partial charge in [-0.3, -0.25) is 9.59 Å². The molecule has 136 valence electrons. The van der Waals surface area contributed by atoms with Crippen LogP contribution in [0.15, 0.2) is 10.2 Å². The van der Waals surface area contributed by atoms with Gasteiger partial charge in [0.25, 0.3) is 0 Å². The Hall–Kier alpha value is -0.630. The Balaban J connectivity index is 1.89. The maximum absolute atomic E-state index is 11.3. The van der Waals surface area contributed by atoms with Crippen molar-refractivity contribution in [3.05, 3.63) is 10.2 Å². The van der Waals surface area contributed by atoms with Crippen molar-refractivity contribution in [3.63, 3.8) is 0 Å². The molecule has 0 aromatic carbocycles. The smallest absolute Gasteiger partial charge is 0.305 e. The van der Waals surface area contributed by atoms with Crippen LogP contribution < -0.4 is 0 Å². The molecule has 1 heterocycles. The molecule has 0 bridgehead atoms. The van der Waals surface area contributed by atoms with Gasteiger partial charge in [-0.05, 0) is 41.6 Å². The van der Waals surface area contributed by atoms with E-state index in [9.17, 15) is 9.59 Å². The summed E-state index contributed by atoms with van der Waals surface area (Å²) in [7, 11) is 1.43. The molecule has 1 aliphatic heterocycles. The topological polar surface area (TPSA) is 61.8 Å². The Labute approximate surface area is 157 Å². The van der Waals surface area contributed by atoms with Crippen molar-refractivity contribution in [2.24, 2.45) is 17.8 Å². The van der Waals surface area contributed by atoms with E-state index in [-0.39, 0.29) is 30.1 Å². The van der Waals surface area contributed by atoms with Gasteiger partial charge in [0.1, 0.15) is 6.10 Å². The first-order valence-electron chi connectivity index (χ1n) is 8.67. The number of rotatable bonds is 6. The van der Waals surface area contributed by atoms with Crippen LogP contribution in [0.1, 0.15) is 45.4 Å². The SMILES string of the molecule is COC(=O)CCC[C@H]1CC[C@@H]2[C@H](/C=C/I)[C@H](OC(C)=O)C[C@@H]2OC1. The Morgan fingerprint density at radius 1 is 1.33 bits per heavy atom. The van der Waals surface area contributed by atoms with Crippen molar-refractivity contribution in [2.75, 3.05) is 13.7 Å². The summed E-state index contributed by atoms with van der Waals surface area (Å²) in [6.45, 7) is 2.20. The molecule has 1 saturated carbocycles. The van der Waals surface area contributed by atoms with Gasteiger partial charge in [0.2, 0.25) is 0 Å². The van der Waals surface area contributed by atoms with Crippen LogP contribution in [0.25, 0.3) is 0 Å². The van der Waals surface area contributed by atoms with E-state index in [4.69, 9.17) is 9.47 Å². The number of halogens is 1. The van der Waals surface area contributed by atoms with E-state index >= 15 is 0 Å². The Morgan fingerprint density at radius 2 is 2.12 bits per heavy atom. The molecule has 24 heavy (non-hydrogen) atoms. The maximum Gasteiger partial charge on any atom is 0.305 e. The molecule has 0 amide bonds. The van der Waals surface area contributed by atoms with Crippen LogP contribution in [-0.2, 0) is 23.8 Å². The maximum atomic E-state index is 11.3. The quantitative estimate of drug-likeness (QED) is 0.457. The van der Waals surface area contributed by atoms with E-state index in [0.717, 1.165) is 38.7 Å². The molecule has 2 fully saturated rings. The van der Waals surface area contributed by atoms with Gasteiger partial charge in [0.15, 0.2) is 0 Å². The van der Waals surface area contributed by atoms with Crippen LogP contribution in [0.2, 0.25) is 0 Å². The first-order chi connectivity index (χ1) is 11.5. The summed E-state index contributed by atoms with van der Waals surface area (Å²) >= 11 is 2.22. The van der Waals surface area contributed by atoms with Crippen LogP contribution in [0.4, 0.5) is 0 Å². The fourth-order valence-corrected chi connectivity index (χ4v) is 4.46. The van der Waals surface area contributed by atoms with Gasteiger partial charge < -0.3 is 14.2 Å². The van der Waals surface area contributed by atoms with E-state index in [1.54, 1.807) is 0 Å². The van der Waals surface area contributed by atoms with Crippen LogP contribution in [0, 0.1) is 17.8 Å². The lowest BCUT2D eigenvalue weighted by atomic mass is 9.87. The summed E-state index contributed by atoms with van der Waals surface area (Å²) in [5, 5.41) is 0. The molecule has 0 spiro atoms. The molecule has 1 saturated heterocycles. The first kappa shape index (κ1) is 19.7. The molecule has 0 N–H and O–H groups in total. The number of hydrogen-bond acceptors (Lipinski definition) is 5. The lowest BCUT2D eigenvalue weighted by molar-refractivity contribution is -0.148. The van der Waals surface area contributed by atoms with Crippen molar-refractivity contribution in [1.82, 2.24) is 0 Å². The number of ether oxygens (including phenoxy) is 3. The molecule has 2 rings (SSSR count). The van der Waals surface area contributed by atoms with Crippen LogP contribution in [0.3, 0.4) is 0 Å². The van der Waals surface area contributed by atoms with Gasteiger partial charge in [-0.15, -0.1) is 0 Å². The number of fused-ring (bicyclic) bond motifs is 1. The van der Waals surface area contributed by atoms with Crippen LogP contribution >= 0.6 is 22.6 Å².